The molecule has 1 aliphatic rings. The molecule has 0 aliphatic carbocycles. The zero-order chi connectivity index (χ0) is 28.3. The molecule has 1 heterocycles. The van der Waals surface area contributed by atoms with Crippen molar-refractivity contribution in [2.75, 3.05) is 30.5 Å². The van der Waals surface area contributed by atoms with Crippen molar-refractivity contribution in [3.05, 3.63) is 64.2 Å². The maximum Gasteiger partial charge on any atom is 0.417 e. The quantitative estimate of drug-likeness (QED) is 0.284. The number of hydrazone groups is 1. The first kappa shape index (κ1) is 29.6. The van der Waals surface area contributed by atoms with Gasteiger partial charge in [0, 0.05) is 11.3 Å². The summed E-state index contributed by atoms with van der Waals surface area (Å²) in [5, 5.41) is 6.96. The van der Waals surface area contributed by atoms with Gasteiger partial charge < -0.3 is 10.1 Å². The summed E-state index contributed by atoms with van der Waals surface area (Å²) in [7, 11) is 0. The summed E-state index contributed by atoms with van der Waals surface area (Å²) in [4.78, 5) is 26.3. The SMILES string of the molecule is CCOC(=O)C1(CCSC)CN(C(=O)Nc2ccc(C(F)(F)F)cc2)N=C1c1ccc(C(F)(F)F)c(Cl)c1. The van der Waals surface area contributed by atoms with Crippen LogP contribution in [0.4, 0.5) is 36.8 Å². The number of carbonyl (C=O) groups excluding carboxylic acids is 2. The second kappa shape index (κ2) is 11.4. The Hall–Kier alpha value is -2.93. The Morgan fingerprint density at radius 2 is 1.76 bits per heavy atom. The third-order valence-corrected chi connectivity index (χ3v) is 6.66. The van der Waals surface area contributed by atoms with E-state index in [0.717, 1.165) is 47.5 Å². The zero-order valence-electron chi connectivity index (χ0n) is 20.0. The van der Waals surface area contributed by atoms with E-state index in [0.29, 0.717) is 5.75 Å². The molecule has 2 aromatic carbocycles. The van der Waals surface area contributed by atoms with Crippen molar-refractivity contribution in [1.29, 1.82) is 0 Å². The Morgan fingerprint density at radius 3 is 2.29 bits per heavy atom. The van der Waals surface area contributed by atoms with Gasteiger partial charge in [0.25, 0.3) is 0 Å². The smallest absolute Gasteiger partial charge is 0.417 e. The molecule has 0 bridgehead atoms. The zero-order valence-corrected chi connectivity index (χ0v) is 21.6. The van der Waals surface area contributed by atoms with Crippen molar-refractivity contribution in [1.82, 2.24) is 5.01 Å². The Kier molecular flexibility index (Phi) is 8.92. The number of nitrogens with one attached hydrogen (secondary N) is 1. The van der Waals surface area contributed by atoms with E-state index in [1.165, 1.54) is 11.8 Å². The van der Waals surface area contributed by atoms with Gasteiger partial charge in [0.05, 0.1) is 35.0 Å². The van der Waals surface area contributed by atoms with Crippen LogP contribution in [0.1, 0.15) is 30.0 Å². The van der Waals surface area contributed by atoms with Crippen molar-refractivity contribution in [3.63, 3.8) is 0 Å². The summed E-state index contributed by atoms with van der Waals surface area (Å²) < 4.78 is 83.6. The van der Waals surface area contributed by atoms with Gasteiger partial charge in [-0.3, -0.25) is 4.79 Å². The third-order valence-electron chi connectivity index (χ3n) is 5.74. The molecule has 6 nitrogen and oxygen atoms in total. The van der Waals surface area contributed by atoms with E-state index >= 15 is 0 Å². The van der Waals surface area contributed by atoms with Gasteiger partial charge >= 0.3 is 24.4 Å². The lowest BCUT2D eigenvalue weighted by molar-refractivity contribution is -0.151. The standard InChI is InChI=1S/C24H22ClF6N3O3S/c1-3-37-20(35)22(10-11-38-2)13-34(21(36)32-16-7-5-15(6-8-16)23(26,27)28)33-19(22)14-4-9-17(18(25)12-14)24(29,30)31/h4-9,12H,3,10-11,13H2,1-2H3,(H,32,36). The summed E-state index contributed by atoms with van der Waals surface area (Å²) in [5.41, 5.74) is -3.40. The summed E-state index contributed by atoms with van der Waals surface area (Å²) in [5.74, 6) is -0.311. The summed E-state index contributed by atoms with van der Waals surface area (Å²) in [6.07, 6.45) is -7.35. The second-order valence-corrected chi connectivity index (χ2v) is 9.64. The molecule has 0 saturated heterocycles. The summed E-state index contributed by atoms with van der Waals surface area (Å²) in [6, 6.07) is 5.73. The van der Waals surface area contributed by atoms with Gasteiger partial charge in [0.1, 0.15) is 5.41 Å². The number of esters is 1. The van der Waals surface area contributed by atoms with Crippen molar-refractivity contribution in [2.24, 2.45) is 10.5 Å². The first-order valence-electron chi connectivity index (χ1n) is 11.1. The van der Waals surface area contributed by atoms with Crippen molar-refractivity contribution < 1.29 is 40.7 Å². The van der Waals surface area contributed by atoms with Crippen molar-refractivity contribution in [2.45, 2.75) is 25.7 Å². The van der Waals surface area contributed by atoms with E-state index in [9.17, 15) is 35.9 Å². The Labute approximate surface area is 223 Å². The molecular formula is C24H22ClF6N3O3S. The van der Waals surface area contributed by atoms with Crippen LogP contribution in [0.15, 0.2) is 47.6 Å². The number of halogens is 7. The predicted molar refractivity (Wildman–Crippen MR) is 132 cm³/mol. The molecule has 1 N–H and O–H groups in total. The lowest BCUT2D eigenvalue weighted by Crippen LogP contribution is -2.45. The predicted octanol–water partition coefficient (Wildman–Crippen LogP) is 6.93. The number of alkyl halides is 6. The van der Waals surface area contributed by atoms with Gasteiger partial charge in [-0.25, -0.2) is 9.80 Å². The topological polar surface area (TPSA) is 71.0 Å². The largest absolute Gasteiger partial charge is 0.465 e. The first-order chi connectivity index (χ1) is 17.7. The fourth-order valence-corrected chi connectivity index (χ4v) is 4.70. The van der Waals surface area contributed by atoms with Crippen molar-refractivity contribution in [3.8, 4) is 0 Å². The highest BCUT2D eigenvalue weighted by Crippen LogP contribution is 2.40. The van der Waals surface area contributed by atoms with Gasteiger partial charge in [-0.15, -0.1) is 0 Å². The molecule has 0 aromatic heterocycles. The highest BCUT2D eigenvalue weighted by molar-refractivity contribution is 7.98. The van der Waals surface area contributed by atoms with Crippen LogP contribution in [0, 0.1) is 5.41 Å². The van der Waals surface area contributed by atoms with E-state index < -0.39 is 45.9 Å². The van der Waals surface area contributed by atoms with Crippen LogP contribution < -0.4 is 5.32 Å². The van der Waals surface area contributed by atoms with E-state index in [1.807, 2.05) is 0 Å². The van der Waals surface area contributed by atoms with E-state index in [4.69, 9.17) is 16.3 Å². The van der Waals surface area contributed by atoms with Crippen LogP contribution >= 0.6 is 23.4 Å². The Morgan fingerprint density at radius 1 is 1.11 bits per heavy atom. The van der Waals surface area contributed by atoms with Gasteiger partial charge in [-0.2, -0.15) is 43.2 Å². The van der Waals surface area contributed by atoms with Crippen LogP contribution in [-0.2, 0) is 21.9 Å². The van der Waals surface area contributed by atoms with Crippen molar-refractivity contribution >= 4 is 46.8 Å². The first-order valence-corrected chi connectivity index (χ1v) is 12.9. The molecule has 0 saturated carbocycles. The van der Waals surface area contributed by atoms with E-state index in [1.54, 1.807) is 13.2 Å². The number of hydrogen-bond donors (Lipinski definition) is 1. The van der Waals surface area contributed by atoms with Gasteiger partial charge in [-0.05, 0) is 61.8 Å². The normalized spacial score (nSPS) is 17.8. The minimum absolute atomic E-state index is 0.00134. The van der Waals surface area contributed by atoms with Gasteiger partial charge in [0.15, 0.2) is 0 Å². The highest BCUT2D eigenvalue weighted by atomic mass is 35.5. The molecule has 0 fully saturated rings. The molecule has 38 heavy (non-hydrogen) atoms. The molecule has 206 valence electrons. The minimum atomic E-state index is -4.71. The highest BCUT2D eigenvalue weighted by Gasteiger charge is 2.52. The molecular weight excluding hydrogens is 560 g/mol. The second-order valence-electron chi connectivity index (χ2n) is 8.25. The number of benzene rings is 2. The van der Waals surface area contributed by atoms with E-state index in [2.05, 4.69) is 10.4 Å². The number of ether oxygens (including phenoxy) is 1. The molecule has 3 rings (SSSR count). The third kappa shape index (κ3) is 6.37. The summed E-state index contributed by atoms with van der Waals surface area (Å²) >= 11 is 7.31. The summed E-state index contributed by atoms with van der Waals surface area (Å²) in [6.45, 7) is 1.27. The number of amides is 2. The maximum atomic E-state index is 13.3. The Bertz CT molecular complexity index is 1220. The number of anilines is 1. The molecule has 0 radical (unpaired) electrons. The minimum Gasteiger partial charge on any atom is -0.465 e. The molecule has 14 heteroatoms. The van der Waals surface area contributed by atoms with Crippen LogP contribution in [0.25, 0.3) is 0 Å². The Balaban J connectivity index is 2.02. The number of rotatable bonds is 7. The van der Waals surface area contributed by atoms with E-state index in [-0.39, 0.29) is 36.5 Å². The maximum absolute atomic E-state index is 13.3. The lowest BCUT2D eigenvalue weighted by Gasteiger charge is -2.28. The average Bonchev–Trinajstić information content (AvgIpc) is 3.23. The van der Waals surface area contributed by atoms with Gasteiger partial charge in [0.2, 0.25) is 0 Å². The average molecular weight is 582 g/mol. The molecule has 2 amide bonds. The number of thioether (sulfide) groups is 1. The monoisotopic (exact) mass is 581 g/mol. The molecule has 1 unspecified atom stereocenters. The number of hydrogen-bond acceptors (Lipinski definition) is 5. The number of nitrogens with zero attached hydrogens (tertiary/aromatic N) is 2. The number of urea groups is 1. The fraction of sp³-hybridized carbons (Fsp3) is 0.375. The molecule has 1 aliphatic heterocycles. The van der Waals surface area contributed by atoms with Crippen LogP contribution in [0.3, 0.4) is 0 Å². The lowest BCUT2D eigenvalue weighted by atomic mass is 9.77. The van der Waals surface area contributed by atoms with Crippen LogP contribution in [0.5, 0.6) is 0 Å². The fourth-order valence-electron chi connectivity index (χ4n) is 3.86. The molecule has 1 atom stereocenters. The molecule has 2 aromatic rings. The number of carbonyl (C=O) groups is 2. The van der Waals surface area contributed by atoms with Crippen LogP contribution in [0.2, 0.25) is 5.02 Å². The van der Waals surface area contributed by atoms with Crippen LogP contribution in [-0.4, -0.2) is 47.9 Å². The van der Waals surface area contributed by atoms with Gasteiger partial charge in [-0.1, -0.05) is 17.7 Å². The molecule has 0 spiro atoms.